The Bertz CT molecular complexity index is 874. The van der Waals surface area contributed by atoms with Crippen molar-refractivity contribution in [3.63, 3.8) is 0 Å². The average Bonchev–Trinajstić information content (AvgIpc) is 2.74. The van der Waals surface area contributed by atoms with E-state index < -0.39 is 23.5 Å². The quantitative estimate of drug-likeness (QED) is 0.0537. The van der Waals surface area contributed by atoms with Crippen LogP contribution in [0.1, 0.15) is 11.1 Å². The van der Waals surface area contributed by atoms with E-state index in [9.17, 15) is 26.3 Å². The maximum atomic E-state index is 12.7. The molecule has 17 heteroatoms. The molecular weight excluding hydrogens is 522 g/mol. The summed E-state index contributed by atoms with van der Waals surface area (Å²) in [4.78, 5) is 0.267. The predicted octanol–water partition coefficient (Wildman–Crippen LogP) is 4.23. The van der Waals surface area contributed by atoms with Crippen LogP contribution in [-0.4, -0.2) is 29.8 Å². The fraction of sp³-hybridized carbons (Fsp3) is 0.333. The van der Waals surface area contributed by atoms with Crippen molar-refractivity contribution in [2.45, 2.75) is 22.1 Å². The van der Waals surface area contributed by atoms with E-state index in [4.69, 9.17) is 22.6 Å². The summed E-state index contributed by atoms with van der Waals surface area (Å²) in [5, 5.41) is 8.58. The number of hydrogen-bond acceptors (Lipinski definition) is 11. The first kappa shape index (κ1) is 35.2. The van der Waals surface area contributed by atoms with Crippen LogP contribution < -0.4 is 46.1 Å². The van der Waals surface area contributed by atoms with Gasteiger partial charge in [0.1, 0.15) is 0 Å². The fourth-order valence-electron chi connectivity index (χ4n) is 2.28. The van der Waals surface area contributed by atoms with Crippen molar-refractivity contribution in [2.75, 3.05) is 35.8 Å². The lowest BCUT2D eigenvalue weighted by Gasteiger charge is -2.13. The minimum Gasteiger partial charge on any atom is -0.399 e. The van der Waals surface area contributed by atoms with Crippen LogP contribution >= 0.6 is 23.5 Å². The molecule has 202 valence electrons. The van der Waals surface area contributed by atoms with E-state index in [0.29, 0.717) is 24.6 Å². The van der Waals surface area contributed by atoms with Gasteiger partial charge in [0, 0.05) is 40.1 Å². The zero-order valence-electron chi connectivity index (χ0n) is 18.5. The summed E-state index contributed by atoms with van der Waals surface area (Å²) in [6.45, 7) is 0.842. The minimum absolute atomic E-state index is 0. The van der Waals surface area contributed by atoms with Gasteiger partial charge in [-0.3, -0.25) is 33.2 Å². The average molecular weight is 553 g/mol. The van der Waals surface area contributed by atoms with Gasteiger partial charge in [0.05, 0.1) is 16.8 Å². The first-order valence-electron chi connectivity index (χ1n) is 9.14. The van der Waals surface area contributed by atoms with E-state index in [0.717, 1.165) is 35.7 Å². The molecule has 0 amide bonds. The molecule has 35 heavy (non-hydrogen) atoms. The molecule has 0 bridgehead atoms. The van der Waals surface area contributed by atoms with Gasteiger partial charge in [-0.05, 0) is 36.4 Å². The van der Waals surface area contributed by atoms with E-state index in [1.807, 2.05) is 0 Å². The van der Waals surface area contributed by atoms with Crippen LogP contribution in [-0.2, 0) is 12.4 Å². The van der Waals surface area contributed by atoms with E-state index in [-0.39, 0.29) is 33.5 Å². The summed E-state index contributed by atoms with van der Waals surface area (Å²) in [5.74, 6) is 11.0. The third-order valence-corrected chi connectivity index (χ3v) is 5.88. The lowest BCUT2D eigenvalue weighted by atomic mass is 10.2. The van der Waals surface area contributed by atoms with Crippen LogP contribution in [0, 0.1) is 0 Å². The predicted molar refractivity (Wildman–Crippen MR) is 129 cm³/mol. The zero-order chi connectivity index (χ0) is 25.1. The Morgan fingerprint density at radius 1 is 0.743 bits per heavy atom. The molecule has 0 aromatic heterocycles. The molecule has 2 rings (SSSR count). The van der Waals surface area contributed by atoms with Crippen molar-refractivity contribution in [3.8, 4) is 0 Å². The van der Waals surface area contributed by atoms with E-state index in [2.05, 4.69) is 10.9 Å². The molecule has 0 saturated carbocycles. The maximum Gasteiger partial charge on any atom is 0.417 e. The maximum absolute atomic E-state index is 12.7. The third-order valence-electron chi connectivity index (χ3n) is 3.73. The van der Waals surface area contributed by atoms with Gasteiger partial charge in [0.15, 0.2) is 0 Å². The van der Waals surface area contributed by atoms with Crippen LogP contribution in [0.3, 0.4) is 0 Å². The molecule has 0 unspecified atom stereocenters. The molecule has 16 N–H and O–H groups in total. The summed E-state index contributed by atoms with van der Waals surface area (Å²) in [6, 6.07) is 7.30. The largest absolute Gasteiger partial charge is 0.417 e. The van der Waals surface area contributed by atoms with E-state index >= 15 is 0 Å². The van der Waals surface area contributed by atoms with Crippen LogP contribution in [0.25, 0.3) is 0 Å². The highest BCUT2D eigenvalue weighted by atomic mass is 32.2. The summed E-state index contributed by atoms with van der Waals surface area (Å²) in [5.41, 5.74) is 10.4. The lowest BCUT2D eigenvalue weighted by Crippen LogP contribution is -2.24. The number of benzene rings is 2. The molecule has 0 saturated heterocycles. The van der Waals surface area contributed by atoms with Gasteiger partial charge in [-0.15, -0.1) is 23.5 Å². The Morgan fingerprint density at radius 2 is 1.17 bits per heavy atom. The number of alkyl halides is 6. The van der Waals surface area contributed by atoms with Crippen molar-refractivity contribution in [1.82, 2.24) is 23.2 Å². The standard InChI is InChI=1S/C9H12F3N3OS.C9H12F3N3S.2H3N/c10-9(11,12)7-5-6(15-16)1-2-8(7)17-4-3-14-13;10-9(11,12)7-5-6(13)1-2-8(7)16-4-3-15-14;;/h1-2,5,14-16H,3-4,13H2;1-2,5,15H,3-4,13-14H2;2*1H3. The highest BCUT2D eigenvalue weighted by Gasteiger charge is 2.34. The number of hydrogen-bond donors (Lipinski definition) is 9. The molecule has 0 heterocycles. The van der Waals surface area contributed by atoms with Crippen molar-refractivity contribution >= 4 is 34.9 Å². The molecule has 9 nitrogen and oxygen atoms in total. The number of thioether (sulfide) groups is 2. The second kappa shape index (κ2) is 16.7. The van der Waals surface area contributed by atoms with Crippen molar-refractivity contribution in [1.29, 1.82) is 0 Å². The van der Waals surface area contributed by atoms with Crippen molar-refractivity contribution in [3.05, 3.63) is 47.5 Å². The lowest BCUT2D eigenvalue weighted by molar-refractivity contribution is -0.140. The van der Waals surface area contributed by atoms with Crippen LogP contribution in [0.5, 0.6) is 0 Å². The third kappa shape index (κ3) is 12.5. The van der Waals surface area contributed by atoms with Crippen LogP contribution in [0.15, 0.2) is 46.2 Å². The second-order valence-corrected chi connectivity index (χ2v) is 8.45. The Kier molecular flexibility index (Phi) is 16.8. The smallest absolute Gasteiger partial charge is 0.399 e. The summed E-state index contributed by atoms with van der Waals surface area (Å²) in [6.07, 6.45) is -8.83. The van der Waals surface area contributed by atoms with Gasteiger partial charge in [-0.25, -0.2) is 0 Å². The van der Waals surface area contributed by atoms with Gasteiger partial charge in [-0.1, -0.05) is 0 Å². The second-order valence-electron chi connectivity index (χ2n) is 6.18. The monoisotopic (exact) mass is 552 g/mol. The molecule has 0 spiro atoms. The Morgan fingerprint density at radius 3 is 1.57 bits per heavy atom. The molecule has 0 fully saturated rings. The van der Waals surface area contributed by atoms with Crippen LogP contribution in [0.2, 0.25) is 0 Å². The van der Waals surface area contributed by atoms with Gasteiger partial charge in [0.2, 0.25) is 0 Å². The number of halogens is 6. The van der Waals surface area contributed by atoms with Gasteiger partial charge in [-0.2, -0.15) is 26.3 Å². The molecule has 0 atom stereocenters. The summed E-state index contributed by atoms with van der Waals surface area (Å²) < 4.78 is 76.0. The van der Waals surface area contributed by atoms with Gasteiger partial charge >= 0.3 is 12.4 Å². The Hall–Kier alpha value is -1.96. The first-order valence-corrected chi connectivity index (χ1v) is 11.1. The van der Waals surface area contributed by atoms with E-state index in [1.165, 1.54) is 24.3 Å². The minimum atomic E-state index is -4.45. The van der Waals surface area contributed by atoms with Crippen molar-refractivity contribution in [2.24, 2.45) is 11.7 Å². The molecule has 0 aliphatic carbocycles. The van der Waals surface area contributed by atoms with Gasteiger partial charge in [0.25, 0.3) is 0 Å². The fourth-order valence-corrected chi connectivity index (χ4v) is 4.15. The molecule has 0 radical (unpaired) electrons. The normalized spacial score (nSPS) is 11.0. The van der Waals surface area contributed by atoms with Crippen molar-refractivity contribution < 1.29 is 31.5 Å². The molecule has 0 aliphatic rings. The van der Waals surface area contributed by atoms with Gasteiger partial charge < -0.3 is 18.0 Å². The number of nitrogens with one attached hydrogen (secondary N) is 3. The summed E-state index contributed by atoms with van der Waals surface area (Å²) >= 11 is 2.13. The molecule has 2 aromatic rings. The Labute approximate surface area is 207 Å². The number of anilines is 2. The molecule has 0 aliphatic heterocycles. The topological polar surface area (TPSA) is 204 Å². The SMILES string of the molecule is N.N.NNCCSc1ccc(N)cc1C(F)(F)F.NNCCSc1ccc(NO)cc1C(F)(F)F. The highest BCUT2D eigenvalue weighted by molar-refractivity contribution is 7.99. The molecular formula is C18H30F6N8OS2. The Balaban J connectivity index is 0. The summed E-state index contributed by atoms with van der Waals surface area (Å²) in [7, 11) is 0. The zero-order valence-corrected chi connectivity index (χ0v) is 20.1. The first-order chi connectivity index (χ1) is 15.4. The number of nitrogen functional groups attached to an aromatic ring is 1. The highest BCUT2D eigenvalue weighted by Crippen LogP contribution is 2.39. The van der Waals surface area contributed by atoms with Crippen LogP contribution in [0.4, 0.5) is 37.7 Å². The van der Waals surface area contributed by atoms with E-state index in [1.54, 1.807) is 5.48 Å². The molecule has 2 aromatic carbocycles. The number of rotatable bonds is 9. The number of nitrogens with two attached hydrogens (primary N) is 3. The number of hydrazine groups is 2.